The van der Waals surface area contributed by atoms with E-state index in [4.69, 9.17) is 4.74 Å². The lowest BCUT2D eigenvalue weighted by Gasteiger charge is -2.19. The molecule has 0 aliphatic heterocycles. The molecule has 0 saturated carbocycles. The number of aromatic amines is 1. The van der Waals surface area contributed by atoms with Gasteiger partial charge in [0.15, 0.2) is 0 Å². The molecule has 28 heavy (non-hydrogen) atoms. The molecule has 0 spiro atoms. The van der Waals surface area contributed by atoms with Gasteiger partial charge in [-0.1, -0.05) is 30.3 Å². The van der Waals surface area contributed by atoms with Crippen LogP contribution in [0.4, 0.5) is 10.5 Å². The second kappa shape index (κ2) is 8.61. The van der Waals surface area contributed by atoms with Crippen molar-refractivity contribution in [3.63, 3.8) is 0 Å². The zero-order valence-electron chi connectivity index (χ0n) is 16.3. The zero-order chi connectivity index (χ0) is 20.1. The van der Waals surface area contributed by atoms with Crippen molar-refractivity contribution in [3.8, 4) is 0 Å². The van der Waals surface area contributed by atoms with E-state index < -0.39 is 12.1 Å². The average Bonchev–Trinajstić information content (AvgIpc) is 3.08. The molecule has 2 aromatic carbocycles. The van der Waals surface area contributed by atoms with Crippen molar-refractivity contribution in [3.05, 3.63) is 65.4 Å². The number of carbonyl (C=O) groups excluding carboxylic acids is 2. The van der Waals surface area contributed by atoms with Crippen molar-refractivity contribution in [2.24, 2.45) is 0 Å². The molecule has 1 unspecified atom stereocenters. The largest absolute Gasteiger partial charge is 0.450 e. The van der Waals surface area contributed by atoms with Gasteiger partial charge < -0.3 is 20.4 Å². The minimum atomic E-state index is -0.766. The fourth-order valence-electron chi connectivity index (χ4n) is 3.15. The van der Waals surface area contributed by atoms with Crippen LogP contribution in [0.25, 0.3) is 10.9 Å². The monoisotopic (exact) mass is 379 g/mol. The summed E-state index contributed by atoms with van der Waals surface area (Å²) in [6, 6.07) is 12.8. The SMILES string of the molecule is CCOC(=O)NC(Cc1c[nH]c2ccccc12)C(=O)Nc1cccc(C)c1C. The molecule has 146 valence electrons. The van der Waals surface area contributed by atoms with E-state index in [0.29, 0.717) is 6.42 Å². The number of fused-ring (bicyclic) bond motifs is 1. The Morgan fingerprint density at radius 2 is 1.89 bits per heavy atom. The summed E-state index contributed by atoms with van der Waals surface area (Å²) in [4.78, 5) is 28.2. The molecule has 3 rings (SSSR count). The Kier molecular flexibility index (Phi) is 5.99. The number of rotatable bonds is 6. The van der Waals surface area contributed by atoms with E-state index in [9.17, 15) is 9.59 Å². The summed E-state index contributed by atoms with van der Waals surface area (Å²) in [5.41, 5.74) is 4.76. The van der Waals surface area contributed by atoms with Gasteiger partial charge in [0.25, 0.3) is 0 Å². The number of nitrogens with one attached hydrogen (secondary N) is 3. The van der Waals surface area contributed by atoms with Gasteiger partial charge in [0.05, 0.1) is 6.61 Å². The van der Waals surface area contributed by atoms with Crippen LogP contribution in [0.1, 0.15) is 23.6 Å². The predicted molar refractivity (Wildman–Crippen MR) is 110 cm³/mol. The normalized spacial score (nSPS) is 11.8. The van der Waals surface area contributed by atoms with Gasteiger partial charge in [-0.15, -0.1) is 0 Å². The van der Waals surface area contributed by atoms with Crippen molar-refractivity contribution in [2.45, 2.75) is 33.2 Å². The number of ether oxygens (including phenoxy) is 1. The maximum Gasteiger partial charge on any atom is 0.407 e. The molecule has 0 aliphatic carbocycles. The van der Waals surface area contributed by atoms with Crippen molar-refractivity contribution in [1.29, 1.82) is 0 Å². The number of aryl methyl sites for hydroxylation is 1. The van der Waals surface area contributed by atoms with Crippen LogP contribution < -0.4 is 10.6 Å². The maximum absolute atomic E-state index is 13.0. The van der Waals surface area contributed by atoms with Gasteiger partial charge >= 0.3 is 6.09 Å². The predicted octanol–water partition coefficient (Wildman–Crippen LogP) is 4.08. The van der Waals surface area contributed by atoms with Crippen molar-refractivity contribution in [2.75, 3.05) is 11.9 Å². The molecule has 3 N–H and O–H groups in total. The van der Waals surface area contributed by atoms with Crippen LogP contribution in [0.5, 0.6) is 0 Å². The van der Waals surface area contributed by atoms with Crippen molar-refractivity contribution in [1.82, 2.24) is 10.3 Å². The van der Waals surface area contributed by atoms with Crippen molar-refractivity contribution < 1.29 is 14.3 Å². The highest BCUT2D eigenvalue weighted by Gasteiger charge is 2.24. The Morgan fingerprint density at radius 1 is 1.11 bits per heavy atom. The molecule has 2 amide bonds. The highest BCUT2D eigenvalue weighted by Crippen LogP contribution is 2.21. The molecule has 6 heteroatoms. The first-order valence-corrected chi connectivity index (χ1v) is 9.35. The minimum absolute atomic E-state index is 0.240. The molecule has 0 aliphatic rings. The lowest BCUT2D eigenvalue weighted by molar-refractivity contribution is -0.118. The first-order chi connectivity index (χ1) is 13.5. The molecule has 0 fully saturated rings. The van der Waals surface area contributed by atoms with Gasteiger partial charge in [-0.25, -0.2) is 4.79 Å². The summed E-state index contributed by atoms with van der Waals surface area (Å²) in [7, 11) is 0. The second-order valence-corrected chi connectivity index (χ2v) is 6.72. The first-order valence-electron chi connectivity index (χ1n) is 9.35. The summed E-state index contributed by atoms with van der Waals surface area (Å²) in [5, 5.41) is 6.65. The van der Waals surface area contributed by atoms with E-state index >= 15 is 0 Å². The number of hydrogen-bond acceptors (Lipinski definition) is 3. The third-order valence-corrected chi connectivity index (χ3v) is 4.85. The van der Waals surface area contributed by atoms with E-state index in [1.165, 1.54) is 0 Å². The van der Waals surface area contributed by atoms with E-state index in [0.717, 1.165) is 33.3 Å². The van der Waals surface area contributed by atoms with Gasteiger partial charge in [-0.3, -0.25) is 4.79 Å². The van der Waals surface area contributed by atoms with Crippen LogP contribution in [-0.4, -0.2) is 29.6 Å². The van der Waals surface area contributed by atoms with Crippen LogP contribution in [-0.2, 0) is 16.0 Å². The zero-order valence-corrected chi connectivity index (χ0v) is 16.3. The number of carbonyl (C=O) groups is 2. The van der Waals surface area contributed by atoms with Gasteiger partial charge in [0.1, 0.15) is 6.04 Å². The number of alkyl carbamates (subject to hydrolysis) is 1. The lowest BCUT2D eigenvalue weighted by Crippen LogP contribution is -2.45. The second-order valence-electron chi connectivity index (χ2n) is 6.72. The summed E-state index contributed by atoms with van der Waals surface area (Å²) in [6.45, 7) is 5.92. The molecule has 0 bridgehead atoms. The Labute approximate surface area is 164 Å². The quantitative estimate of drug-likeness (QED) is 0.603. The van der Waals surface area contributed by atoms with E-state index in [1.807, 2.05) is 62.5 Å². The smallest absolute Gasteiger partial charge is 0.407 e. The van der Waals surface area contributed by atoms with Crippen LogP contribution in [0.15, 0.2) is 48.7 Å². The Bertz CT molecular complexity index is 994. The fourth-order valence-corrected chi connectivity index (χ4v) is 3.15. The molecule has 1 aromatic heterocycles. The summed E-state index contributed by atoms with van der Waals surface area (Å²) in [6.07, 6.45) is 1.61. The lowest BCUT2D eigenvalue weighted by atomic mass is 10.0. The highest BCUT2D eigenvalue weighted by atomic mass is 16.5. The van der Waals surface area contributed by atoms with Gasteiger partial charge in [0, 0.05) is 29.2 Å². The number of para-hydroxylation sites is 1. The molecular weight excluding hydrogens is 354 g/mol. The number of hydrogen-bond donors (Lipinski definition) is 3. The van der Waals surface area contributed by atoms with Crippen LogP contribution in [0, 0.1) is 13.8 Å². The van der Waals surface area contributed by atoms with Crippen LogP contribution in [0.3, 0.4) is 0 Å². The Morgan fingerprint density at radius 3 is 2.68 bits per heavy atom. The summed E-state index contributed by atoms with van der Waals surface area (Å²) in [5.74, 6) is -0.285. The number of aromatic nitrogens is 1. The summed E-state index contributed by atoms with van der Waals surface area (Å²) >= 11 is 0. The maximum atomic E-state index is 13.0. The molecule has 3 aromatic rings. The number of anilines is 1. The van der Waals surface area contributed by atoms with Gasteiger partial charge in [-0.2, -0.15) is 0 Å². The highest BCUT2D eigenvalue weighted by molar-refractivity contribution is 5.98. The summed E-state index contributed by atoms with van der Waals surface area (Å²) < 4.78 is 4.98. The molecule has 6 nitrogen and oxygen atoms in total. The van der Waals surface area contributed by atoms with Crippen LogP contribution in [0.2, 0.25) is 0 Å². The van der Waals surface area contributed by atoms with E-state index in [2.05, 4.69) is 15.6 Å². The Balaban J connectivity index is 1.84. The molecule has 1 atom stereocenters. The fraction of sp³-hybridized carbons (Fsp3) is 0.273. The molecule has 0 radical (unpaired) electrons. The van der Waals surface area contributed by atoms with E-state index in [-0.39, 0.29) is 12.5 Å². The Hall–Kier alpha value is -3.28. The topological polar surface area (TPSA) is 83.2 Å². The van der Waals surface area contributed by atoms with Gasteiger partial charge in [0.2, 0.25) is 5.91 Å². The number of H-pyrrole nitrogens is 1. The first kappa shape index (κ1) is 19.5. The average molecular weight is 379 g/mol. The van der Waals surface area contributed by atoms with Crippen LogP contribution >= 0.6 is 0 Å². The third kappa shape index (κ3) is 4.34. The minimum Gasteiger partial charge on any atom is -0.450 e. The van der Waals surface area contributed by atoms with Gasteiger partial charge in [-0.05, 0) is 49.6 Å². The third-order valence-electron chi connectivity index (χ3n) is 4.85. The van der Waals surface area contributed by atoms with Crippen molar-refractivity contribution >= 4 is 28.6 Å². The standard InChI is InChI=1S/C22H25N3O3/c1-4-28-22(27)25-20(12-16-13-23-19-10-6-5-9-17(16)19)21(26)24-18-11-7-8-14(2)15(18)3/h5-11,13,20,23H,4,12H2,1-3H3,(H,24,26)(H,25,27). The molecule has 1 heterocycles. The molecule has 0 saturated heterocycles. The molecular formula is C22H25N3O3. The number of amides is 2. The van der Waals surface area contributed by atoms with E-state index in [1.54, 1.807) is 6.92 Å². The number of benzene rings is 2.